The molecule has 1 aliphatic rings. The number of amides is 2. The third-order valence-corrected chi connectivity index (χ3v) is 4.82. The number of cyclic esters (lactones) is 2. The van der Waals surface area contributed by atoms with Crippen LogP contribution in [0.4, 0.5) is 52.7 Å². The van der Waals surface area contributed by atoms with Crippen molar-refractivity contribution in [3.63, 3.8) is 0 Å². The molecule has 1 aliphatic heterocycles. The second-order valence-corrected chi connectivity index (χ2v) is 7.47. The topological polar surface area (TPSA) is 120 Å². The first-order valence-electron chi connectivity index (χ1n) is 9.17. The number of hydrogen-bond donors (Lipinski definition) is 2. The maximum Gasteiger partial charge on any atom is 0.426 e. The highest BCUT2D eigenvalue weighted by Gasteiger charge is 2.70. The van der Waals surface area contributed by atoms with Crippen LogP contribution < -0.4 is 10.6 Å². The monoisotopic (exact) mass is 574 g/mol. The van der Waals surface area contributed by atoms with Crippen LogP contribution in [0.2, 0.25) is 0 Å². The van der Waals surface area contributed by atoms with E-state index in [4.69, 9.17) is 0 Å². The highest BCUT2D eigenvalue weighted by Crippen LogP contribution is 2.46. The van der Waals surface area contributed by atoms with Crippen LogP contribution in [0.3, 0.4) is 0 Å². The summed E-state index contributed by atoms with van der Waals surface area (Å²) in [5.41, 5.74) is -9.73. The number of halogens is 12. The standard InChI is InChI=1S/C16H14F12N2O7/c1-11(13(17,18)19,14(20,21)22)35-3-5(31)29-7-8(10(34)37-9(7)33)30-6(32)4-36-12(2,15(23,24)25)16(26,27)28/h7-8H,3-4H2,1-2H3,(H,29,31)(H,30,32)/t7-,8+. The molecule has 0 aromatic heterocycles. The van der Waals surface area contributed by atoms with E-state index in [9.17, 15) is 71.9 Å². The van der Waals surface area contributed by atoms with Crippen LogP contribution in [0.1, 0.15) is 13.8 Å². The molecule has 0 bridgehead atoms. The fourth-order valence-corrected chi connectivity index (χ4v) is 2.28. The van der Waals surface area contributed by atoms with E-state index in [-0.39, 0.29) is 0 Å². The lowest BCUT2D eigenvalue weighted by molar-refractivity contribution is -0.372. The lowest BCUT2D eigenvalue weighted by Gasteiger charge is -2.33. The quantitative estimate of drug-likeness (QED) is 0.258. The van der Waals surface area contributed by atoms with E-state index in [1.165, 1.54) is 10.6 Å². The van der Waals surface area contributed by atoms with Crippen molar-refractivity contribution >= 4 is 23.8 Å². The molecule has 1 rings (SSSR count). The summed E-state index contributed by atoms with van der Waals surface area (Å²) < 4.78 is 165. The number of rotatable bonds is 8. The second-order valence-electron chi connectivity index (χ2n) is 7.47. The molecule has 0 spiro atoms. The zero-order valence-electron chi connectivity index (χ0n) is 18.0. The molecule has 0 radical (unpaired) electrons. The number of ether oxygens (including phenoxy) is 3. The fraction of sp³-hybridized carbons (Fsp3) is 0.750. The van der Waals surface area contributed by atoms with Crippen molar-refractivity contribution in [2.45, 2.75) is 61.8 Å². The molecule has 0 saturated carbocycles. The molecule has 2 amide bonds. The molecule has 1 saturated heterocycles. The summed E-state index contributed by atoms with van der Waals surface area (Å²) in [7, 11) is 0. The summed E-state index contributed by atoms with van der Waals surface area (Å²) >= 11 is 0. The Morgan fingerprint density at radius 2 is 0.892 bits per heavy atom. The molecule has 0 aromatic rings. The summed E-state index contributed by atoms with van der Waals surface area (Å²) in [6, 6.07) is -4.74. The summed E-state index contributed by atoms with van der Waals surface area (Å²) in [5.74, 6) is -7.27. The van der Waals surface area contributed by atoms with Crippen molar-refractivity contribution in [3.8, 4) is 0 Å². The Kier molecular flexibility index (Phi) is 8.82. The third kappa shape index (κ3) is 6.73. The normalized spacial score (nSPS) is 20.1. The Morgan fingerprint density at radius 3 is 1.11 bits per heavy atom. The van der Waals surface area contributed by atoms with Gasteiger partial charge < -0.3 is 24.8 Å². The van der Waals surface area contributed by atoms with Crippen molar-refractivity contribution in [3.05, 3.63) is 0 Å². The lowest BCUT2D eigenvalue weighted by atomic mass is 10.1. The van der Waals surface area contributed by atoms with Crippen LogP contribution in [0.15, 0.2) is 0 Å². The molecule has 37 heavy (non-hydrogen) atoms. The Bertz CT molecular complexity index is 810. The first-order chi connectivity index (χ1) is 16.3. The minimum atomic E-state index is -6.08. The van der Waals surface area contributed by atoms with Gasteiger partial charge in [0.05, 0.1) is 0 Å². The van der Waals surface area contributed by atoms with Crippen LogP contribution in [-0.4, -0.2) is 85.0 Å². The summed E-state index contributed by atoms with van der Waals surface area (Å²) in [5, 5.41) is 2.80. The molecule has 2 N–H and O–H groups in total. The molecule has 1 heterocycles. The summed E-state index contributed by atoms with van der Waals surface area (Å²) in [4.78, 5) is 46.9. The Hall–Kier alpha value is -2.84. The van der Waals surface area contributed by atoms with E-state index >= 15 is 0 Å². The number of hydrogen-bond acceptors (Lipinski definition) is 7. The van der Waals surface area contributed by atoms with E-state index in [0.717, 1.165) is 0 Å². The van der Waals surface area contributed by atoms with Crippen molar-refractivity contribution in [1.82, 2.24) is 10.6 Å². The molecule has 0 aromatic carbocycles. The highest BCUT2D eigenvalue weighted by molar-refractivity contribution is 6.04. The largest absolute Gasteiger partial charge is 0.426 e. The highest BCUT2D eigenvalue weighted by atomic mass is 19.4. The van der Waals surface area contributed by atoms with Gasteiger partial charge in [-0.3, -0.25) is 9.59 Å². The van der Waals surface area contributed by atoms with E-state index in [1.807, 2.05) is 0 Å². The van der Waals surface area contributed by atoms with Gasteiger partial charge in [-0.05, 0) is 13.8 Å². The number of carbonyl (C=O) groups excluding carboxylic acids is 4. The molecule has 0 aliphatic carbocycles. The lowest BCUT2D eigenvalue weighted by Crippen LogP contribution is -2.59. The van der Waals surface area contributed by atoms with Gasteiger partial charge in [-0.15, -0.1) is 0 Å². The Labute approximate surface area is 196 Å². The number of esters is 2. The molecule has 21 heteroatoms. The fourth-order valence-electron chi connectivity index (χ4n) is 2.28. The molecule has 214 valence electrons. The predicted octanol–water partition coefficient (Wildman–Crippen LogP) is 1.84. The van der Waals surface area contributed by atoms with Gasteiger partial charge in [0.1, 0.15) is 13.2 Å². The van der Waals surface area contributed by atoms with Gasteiger partial charge in [0.2, 0.25) is 11.8 Å². The number of carbonyl (C=O) groups is 4. The Balaban J connectivity index is 2.93. The van der Waals surface area contributed by atoms with E-state index in [2.05, 4.69) is 14.2 Å². The van der Waals surface area contributed by atoms with Crippen molar-refractivity contribution in [2.24, 2.45) is 0 Å². The number of alkyl halides is 12. The summed E-state index contributed by atoms with van der Waals surface area (Å²) in [6.07, 6.45) is -24.3. The maximum atomic E-state index is 12.8. The Morgan fingerprint density at radius 1 is 0.649 bits per heavy atom. The molecule has 9 nitrogen and oxygen atoms in total. The van der Waals surface area contributed by atoms with Crippen LogP contribution in [0, 0.1) is 0 Å². The van der Waals surface area contributed by atoms with Gasteiger partial charge >= 0.3 is 36.6 Å². The van der Waals surface area contributed by atoms with Gasteiger partial charge in [0, 0.05) is 0 Å². The minimum Gasteiger partial charge on any atom is -0.390 e. The second kappa shape index (κ2) is 10.1. The van der Waals surface area contributed by atoms with Crippen molar-refractivity contribution in [1.29, 1.82) is 0 Å². The van der Waals surface area contributed by atoms with Gasteiger partial charge in [-0.1, -0.05) is 0 Å². The molecular weight excluding hydrogens is 560 g/mol. The molecule has 2 atom stereocenters. The zero-order valence-corrected chi connectivity index (χ0v) is 18.0. The average molecular weight is 574 g/mol. The predicted molar refractivity (Wildman–Crippen MR) is 87.9 cm³/mol. The van der Waals surface area contributed by atoms with E-state index in [1.54, 1.807) is 0 Å². The van der Waals surface area contributed by atoms with Gasteiger partial charge in [-0.2, -0.15) is 52.7 Å². The van der Waals surface area contributed by atoms with Gasteiger partial charge in [0.25, 0.3) is 11.2 Å². The van der Waals surface area contributed by atoms with Crippen LogP contribution in [-0.2, 0) is 33.4 Å². The van der Waals surface area contributed by atoms with Crippen LogP contribution in [0.25, 0.3) is 0 Å². The smallest absolute Gasteiger partial charge is 0.390 e. The first-order valence-corrected chi connectivity index (χ1v) is 9.17. The number of nitrogens with one attached hydrogen (secondary N) is 2. The van der Waals surface area contributed by atoms with Gasteiger partial charge in [0.15, 0.2) is 12.1 Å². The van der Waals surface area contributed by atoms with Gasteiger partial charge in [-0.25, -0.2) is 9.59 Å². The zero-order chi connectivity index (χ0) is 29.4. The minimum absolute atomic E-state index is 0.466. The molecular formula is C16H14F12N2O7. The average Bonchev–Trinajstić information content (AvgIpc) is 2.93. The van der Waals surface area contributed by atoms with E-state index < -0.39 is 98.8 Å². The van der Waals surface area contributed by atoms with Crippen LogP contribution in [0.5, 0.6) is 0 Å². The SMILES string of the molecule is CC(OCC(=O)N[C@@H]1C(=O)OC(=O)[C@@H]1NC(=O)COC(C)(C(F)(F)F)C(F)(F)F)(C(F)(F)F)C(F)(F)F. The first kappa shape index (κ1) is 32.2. The van der Waals surface area contributed by atoms with Crippen molar-refractivity contribution < 1.29 is 86.1 Å². The molecule has 1 fully saturated rings. The van der Waals surface area contributed by atoms with E-state index in [0.29, 0.717) is 0 Å². The maximum absolute atomic E-state index is 12.8. The summed E-state index contributed by atoms with van der Waals surface area (Å²) in [6.45, 7) is -4.97. The van der Waals surface area contributed by atoms with Crippen molar-refractivity contribution in [2.75, 3.05) is 13.2 Å². The van der Waals surface area contributed by atoms with Crippen LogP contribution >= 0.6 is 0 Å². The molecule has 0 unspecified atom stereocenters. The third-order valence-electron chi connectivity index (χ3n) is 4.82.